The molecule has 0 radical (unpaired) electrons. The van der Waals surface area contributed by atoms with E-state index in [1.54, 1.807) is 6.92 Å². The van der Waals surface area contributed by atoms with Gasteiger partial charge in [-0.2, -0.15) is 0 Å². The van der Waals surface area contributed by atoms with Crippen LogP contribution in [0.25, 0.3) is 5.69 Å². The molecular weight excluding hydrogens is 279 g/mol. The maximum absolute atomic E-state index is 12.9. The molecule has 21 heavy (non-hydrogen) atoms. The van der Waals surface area contributed by atoms with Crippen LogP contribution in [-0.2, 0) is 4.74 Å². The van der Waals surface area contributed by atoms with E-state index in [0.29, 0.717) is 5.69 Å². The predicted molar refractivity (Wildman–Crippen MR) is 73.6 cm³/mol. The monoisotopic (exact) mass is 292 g/mol. The molecule has 1 amide bonds. The molecule has 0 bridgehead atoms. The lowest BCUT2D eigenvalue weighted by atomic mass is 10.3. The van der Waals surface area contributed by atoms with Crippen molar-refractivity contribution in [2.75, 3.05) is 12.0 Å². The zero-order chi connectivity index (χ0) is 15.2. The van der Waals surface area contributed by atoms with E-state index in [1.165, 1.54) is 41.2 Å². The van der Waals surface area contributed by atoms with Gasteiger partial charge in [-0.1, -0.05) is 0 Å². The molecule has 0 saturated heterocycles. The molecular formula is C13H13FN4O3. The summed E-state index contributed by atoms with van der Waals surface area (Å²) < 4.78 is 18.8. The van der Waals surface area contributed by atoms with Crippen LogP contribution in [0, 0.1) is 5.82 Å². The Morgan fingerprint density at radius 2 is 2.10 bits per heavy atom. The highest BCUT2D eigenvalue weighted by Crippen LogP contribution is 2.07. The molecule has 0 saturated carbocycles. The number of carbonyl (C=O) groups excluding carboxylic acids is 1. The Morgan fingerprint density at radius 1 is 1.38 bits per heavy atom. The number of benzene rings is 1. The van der Waals surface area contributed by atoms with Crippen molar-refractivity contribution in [2.24, 2.45) is 0 Å². The number of ether oxygens (including phenoxy) is 1. The number of hydrogen-bond acceptors (Lipinski definition) is 5. The average molecular weight is 292 g/mol. The minimum Gasteiger partial charge on any atom is -0.449 e. The van der Waals surface area contributed by atoms with Gasteiger partial charge in [0.15, 0.2) is 0 Å². The zero-order valence-electron chi connectivity index (χ0n) is 11.2. The van der Waals surface area contributed by atoms with Crippen LogP contribution in [0.15, 0.2) is 41.5 Å². The quantitative estimate of drug-likeness (QED) is 0.833. The minimum atomic E-state index is -0.726. The van der Waals surface area contributed by atoms with Crippen LogP contribution in [0.2, 0.25) is 0 Å². The lowest BCUT2D eigenvalue weighted by molar-refractivity contribution is 0.154. The highest BCUT2D eigenvalue weighted by Gasteiger charge is 2.08. The van der Waals surface area contributed by atoms with Gasteiger partial charge in [0, 0.05) is 18.1 Å². The summed E-state index contributed by atoms with van der Waals surface area (Å²) in [5, 5.41) is 0. The third-order valence-electron chi connectivity index (χ3n) is 2.50. The van der Waals surface area contributed by atoms with Gasteiger partial charge < -0.3 is 4.74 Å². The molecule has 0 aliphatic heterocycles. The van der Waals surface area contributed by atoms with Crippen molar-refractivity contribution in [1.29, 1.82) is 0 Å². The van der Waals surface area contributed by atoms with Crippen LogP contribution in [0.5, 0.6) is 0 Å². The fourth-order valence-corrected chi connectivity index (χ4v) is 1.58. The Morgan fingerprint density at radius 3 is 2.76 bits per heavy atom. The average Bonchev–Trinajstić information content (AvgIpc) is 2.48. The Labute approximate surface area is 119 Å². The van der Waals surface area contributed by atoms with Crippen LogP contribution >= 0.6 is 0 Å². The zero-order valence-corrected chi connectivity index (χ0v) is 11.2. The first-order valence-electron chi connectivity index (χ1n) is 6.14. The molecule has 2 N–H and O–H groups in total. The van der Waals surface area contributed by atoms with E-state index in [2.05, 4.69) is 20.6 Å². The highest BCUT2D eigenvalue weighted by atomic mass is 19.1. The van der Waals surface area contributed by atoms with Crippen molar-refractivity contribution < 1.29 is 13.9 Å². The smallest absolute Gasteiger partial charge is 0.425 e. The maximum atomic E-state index is 12.9. The van der Waals surface area contributed by atoms with Gasteiger partial charge in [-0.15, -0.1) is 0 Å². The predicted octanol–water partition coefficient (Wildman–Crippen LogP) is 1.44. The van der Waals surface area contributed by atoms with Gasteiger partial charge in [0.1, 0.15) is 5.82 Å². The van der Waals surface area contributed by atoms with Gasteiger partial charge in [0.25, 0.3) is 5.56 Å². The number of carbonyl (C=O) groups is 1. The van der Waals surface area contributed by atoms with Crippen LogP contribution in [0.4, 0.5) is 15.0 Å². The number of anilines is 1. The van der Waals surface area contributed by atoms with E-state index >= 15 is 0 Å². The summed E-state index contributed by atoms with van der Waals surface area (Å²) in [7, 11) is 0. The third kappa shape index (κ3) is 3.56. The molecule has 1 aromatic heterocycles. The summed E-state index contributed by atoms with van der Waals surface area (Å²) >= 11 is 0. The number of amides is 1. The van der Waals surface area contributed by atoms with Crippen molar-refractivity contribution in [1.82, 2.24) is 15.0 Å². The summed E-state index contributed by atoms with van der Waals surface area (Å²) in [5.41, 5.74) is 4.53. The van der Waals surface area contributed by atoms with Gasteiger partial charge in [-0.25, -0.2) is 19.6 Å². The molecule has 0 aliphatic rings. The Balaban J connectivity index is 2.22. The molecule has 2 rings (SSSR count). The first-order chi connectivity index (χ1) is 10.1. The Kier molecular flexibility index (Phi) is 4.50. The first kappa shape index (κ1) is 14.5. The van der Waals surface area contributed by atoms with E-state index in [9.17, 15) is 14.0 Å². The normalized spacial score (nSPS) is 10.0. The molecule has 0 aliphatic carbocycles. The number of nitrogens with zero attached hydrogens (tertiary/aromatic N) is 2. The van der Waals surface area contributed by atoms with Gasteiger partial charge in [-0.3, -0.25) is 14.8 Å². The molecule has 0 spiro atoms. The lowest BCUT2D eigenvalue weighted by Gasteiger charge is -2.09. The van der Waals surface area contributed by atoms with Crippen LogP contribution in [-0.4, -0.2) is 22.3 Å². The SMILES string of the molecule is CCOC(=O)NNc1nccn(-c2ccc(F)cc2)c1=O. The van der Waals surface area contributed by atoms with Crippen molar-refractivity contribution >= 4 is 11.9 Å². The molecule has 2 aromatic rings. The Hall–Kier alpha value is -2.90. The summed E-state index contributed by atoms with van der Waals surface area (Å²) in [6.45, 7) is 1.86. The second-order valence-electron chi connectivity index (χ2n) is 3.90. The number of nitrogens with one attached hydrogen (secondary N) is 2. The van der Waals surface area contributed by atoms with E-state index in [0.717, 1.165) is 0 Å². The summed E-state index contributed by atoms with van der Waals surface area (Å²) in [6.07, 6.45) is 2.08. The standard InChI is InChI=1S/C13H13FN4O3/c1-2-21-13(20)17-16-11-12(19)18(8-7-15-11)10-5-3-9(14)4-6-10/h3-8H,2H2,1H3,(H,15,16)(H,17,20). The summed E-state index contributed by atoms with van der Waals surface area (Å²) in [5.74, 6) is -0.488. The topological polar surface area (TPSA) is 85.2 Å². The van der Waals surface area contributed by atoms with Crippen LogP contribution in [0.3, 0.4) is 0 Å². The molecule has 1 heterocycles. The molecule has 0 atom stereocenters. The molecule has 110 valence electrons. The molecule has 0 unspecified atom stereocenters. The van der Waals surface area contributed by atoms with E-state index < -0.39 is 17.5 Å². The number of rotatable bonds is 4. The Bertz CT molecular complexity index is 685. The number of halogens is 1. The second kappa shape index (κ2) is 6.51. The number of hydrazine groups is 1. The van der Waals surface area contributed by atoms with Crippen LogP contribution < -0.4 is 16.4 Å². The summed E-state index contributed by atoms with van der Waals surface area (Å²) in [6, 6.07) is 5.40. The first-order valence-corrected chi connectivity index (χ1v) is 6.14. The van der Waals surface area contributed by atoms with Gasteiger partial charge in [-0.05, 0) is 31.2 Å². The van der Waals surface area contributed by atoms with Crippen molar-refractivity contribution in [3.05, 3.63) is 52.8 Å². The van der Waals surface area contributed by atoms with E-state index in [4.69, 9.17) is 0 Å². The highest BCUT2D eigenvalue weighted by molar-refractivity contribution is 5.68. The second-order valence-corrected chi connectivity index (χ2v) is 3.90. The molecule has 7 nitrogen and oxygen atoms in total. The van der Waals surface area contributed by atoms with Crippen molar-refractivity contribution in [2.45, 2.75) is 6.92 Å². The van der Waals surface area contributed by atoms with E-state index in [-0.39, 0.29) is 12.4 Å². The van der Waals surface area contributed by atoms with Gasteiger partial charge in [0.2, 0.25) is 5.82 Å². The van der Waals surface area contributed by atoms with Crippen molar-refractivity contribution in [3.8, 4) is 5.69 Å². The molecule has 0 fully saturated rings. The minimum absolute atomic E-state index is 0.0881. The largest absolute Gasteiger partial charge is 0.449 e. The lowest BCUT2D eigenvalue weighted by Crippen LogP contribution is -2.34. The number of aromatic nitrogens is 2. The van der Waals surface area contributed by atoms with Crippen molar-refractivity contribution in [3.63, 3.8) is 0 Å². The fourth-order valence-electron chi connectivity index (χ4n) is 1.58. The van der Waals surface area contributed by atoms with Gasteiger partial charge >= 0.3 is 6.09 Å². The number of hydrogen-bond donors (Lipinski definition) is 2. The molecule has 8 heteroatoms. The fraction of sp³-hybridized carbons (Fsp3) is 0.154. The van der Waals surface area contributed by atoms with Gasteiger partial charge in [0.05, 0.1) is 6.61 Å². The van der Waals surface area contributed by atoms with E-state index in [1.807, 2.05) is 0 Å². The maximum Gasteiger partial charge on any atom is 0.425 e. The molecule has 1 aromatic carbocycles. The summed E-state index contributed by atoms with van der Waals surface area (Å²) in [4.78, 5) is 27.1. The van der Waals surface area contributed by atoms with Crippen LogP contribution in [0.1, 0.15) is 6.92 Å². The third-order valence-corrected chi connectivity index (χ3v) is 2.50.